The minimum Gasteiger partial charge on any atom is -0.396 e. The highest BCUT2D eigenvalue weighted by Gasteiger charge is 2.11. The summed E-state index contributed by atoms with van der Waals surface area (Å²) in [4.78, 5) is 8.49. The van der Waals surface area contributed by atoms with E-state index in [-0.39, 0.29) is 42.3 Å². The SMILES string of the molecule is CCNC(=NCc1ccc(-n2ccnc2)c(F)c1)NCC(CO)c1ccccc1.I. The van der Waals surface area contributed by atoms with Crippen LogP contribution in [0.2, 0.25) is 0 Å². The second-order valence-corrected chi connectivity index (χ2v) is 6.62. The minimum absolute atomic E-state index is 0. The Labute approximate surface area is 193 Å². The van der Waals surface area contributed by atoms with Crippen molar-refractivity contribution in [3.8, 4) is 5.69 Å². The van der Waals surface area contributed by atoms with Gasteiger partial charge in [-0.1, -0.05) is 36.4 Å². The van der Waals surface area contributed by atoms with Crippen LogP contribution in [0.5, 0.6) is 0 Å². The molecule has 1 aromatic heterocycles. The fraction of sp³-hybridized carbons (Fsp3) is 0.273. The normalized spacial score (nSPS) is 12.2. The first-order valence-electron chi connectivity index (χ1n) is 9.66. The monoisotopic (exact) mass is 523 g/mol. The average Bonchev–Trinajstić information content (AvgIpc) is 3.27. The zero-order valence-electron chi connectivity index (χ0n) is 16.8. The molecule has 0 aliphatic carbocycles. The molecular weight excluding hydrogens is 496 g/mol. The van der Waals surface area contributed by atoms with E-state index in [1.807, 2.05) is 43.3 Å². The van der Waals surface area contributed by atoms with Gasteiger partial charge >= 0.3 is 0 Å². The van der Waals surface area contributed by atoms with Crippen LogP contribution in [0.1, 0.15) is 24.0 Å². The van der Waals surface area contributed by atoms with Crippen LogP contribution in [0, 0.1) is 5.82 Å². The molecule has 0 fully saturated rings. The molecule has 0 saturated heterocycles. The van der Waals surface area contributed by atoms with Gasteiger partial charge in [0.25, 0.3) is 0 Å². The summed E-state index contributed by atoms with van der Waals surface area (Å²) in [6.45, 7) is 3.61. The summed E-state index contributed by atoms with van der Waals surface area (Å²) in [6, 6.07) is 14.9. The molecule has 0 aliphatic rings. The maximum Gasteiger partial charge on any atom is 0.191 e. The summed E-state index contributed by atoms with van der Waals surface area (Å²) in [5, 5.41) is 16.2. The van der Waals surface area contributed by atoms with Crippen LogP contribution >= 0.6 is 24.0 Å². The van der Waals surface area contributed by atoms with Crippen LogP contribution in [0.15, 0.2) is 72.2 Å². The van der Waals surface area contributed by atoms with E-state index in [2.05, 4.69) is 20.6 Å². The molecule has 6 nitrogen and oxygen atoms in total. The van der Waals surface area contributed by atoms with Crippen molar-refractivity contribution in [2.75, 3.05) is 19.7 Å². The highest BCUT2D eigenvalue weighted by molar-refractivity contribution is 14.0. The lowest BCUT2D eigenvalue weighted by atomic mass is 10.0. The highest BCUT2D eigenvalue weighted by Crippen LogP contribution is 2.16. The fourth-order valence-electron chi connectivity index (χ4n) is 3.00. The molecule has 1 atom stereocenters. The molecule has 160 valence electrons. The molecule has 2 aromatic carbocycles. The zero-order chi connectivity index (χ0) is 20.5. The van der Waals surface area contributed by atoms with Crippen molar-refractivity contribution in [1.29, 1.82) is 0 Å². The Hall–Kier alpha value is -2.46. The van der Waals surface area contributed by atoms with Gasteiger partial charge in [0.1, 0.15) is 5.82 Å². The van der Waals surface area contributed by atoms with E-state index >= 15 is 0 Å². The molecule has 1 heterocycles. The van der Waals surface area contributed by atoms with Gasteiger partial charge in [-0.2, -0.15) is 0 Å². The van der Waals surface area contributed by atoms with Gasteiger partial charge in [-0.05, 0) is 30.2 Å². The summed E-state index contributed by atoms with van der Waals surface area (Å²) < 4.78 is 16.0. The van der Waals surface area contributed by atoms with Crippen LogP contribution in [0.3, 0.4) is 0 Å². The number of guanidine groups is 1. The van der Waals surface area contributed by atoms with Crippen molar-refractivity contribution in [3.63, 3.8) is 0 Å². The maximum atomic E-state index is 14.4. The molecular formula is C22H27FIN5O. The average molecular weight is 523 g/mol. The molecule has 0 spiro atoms. The number of halogens is 2. The fourth-order valence-corrected chi connectivity index (χ4v) is 3.00. The van der Waals surface area contributed by atoms with Crippen molar-refractivity contribution in [2.45, 2.75) is 19.4 Å². The first-order chi connectivity index (χ1) is 14.2. The van der Waals surface area contributed by atoms with E-state index < -0.39 is 0 Å². The van der Waals surface area contributed by atoms with Crippen molar-refractivity contribution in [3.05, 3.63) is 84.2 Å². The summed E-state index contributed by atoms with van der Waals surface area (Å²) >= 11 is 0. The largest absolute Gasteiger partial charge is 0.396 e. The number of aromatic nitrogens is 2. The van der Waals surface area contributed by atoms with Crippen LogP contribution in [-0.4, -0.2) is 40.3 Å². The Morgan fingerprint density at radius 2 is 2.00 bits per heavy atom. The second kappa shape index (κ2) is 12.3. The van der Waals surface area contributed by atoms with Crippen molar-refractivity contribution in [1.82, 2.24) is 20.2 Å². The number of aliphatic hydroxyl groups is 1. The molecule has 3 aromatic rings. The van der Waals surface area contributed by atoms with E-state index in [1.54, 1.807) is 29.4 Å². The number of nitrogens with zero attached hydrogens (tertiary/aromatic N) is 3. The highest BCUT2D eigenvalue weighted by atomic mass is 127. The minimum atomic E-state index is -0.321. The quantitative estimate of drug-likeness (QED) is 0.240. The van der Waals surface area contributed by atoms with Gasteiger partial charge in [0.15, 0.2) is 5.96 Å². The lowest BCUT2D eigenvalue weighted by molar-refractivity contribution is 0.265. The second-order valence-electron chi connectivity index (χ2n) is 6.62. The van der Waals surface area contributed by atoms with Gasteiger partial charge in [-0.15, -0.1) is 24.0 Å². The van der Waals surface area contributed by atoms with E-state index in [0.717, 1.165) is 11.1 Å². The third kappa shape index (κ3) is 6.53. The van der Waals surface area contributed by atoms with Gasteiger partial charge < -0.3 is 20.3 Å². The smallest absolute Gasteiger partial charge is 0.191 e. The van der Waals surface area contributed by atoms with E-state index in [4.69, 9.17) is 0 Å². The first-order valence-corrected chi connectivity index (χ1v) is 9.66. The predicted octanol–water partition coefficient (Wildman–Crippen LogP) is 3.46. The number of benzene rings is 2. The molecule has 0 bridgehead atoms. The number of nitrogens with one attached hydrogen (secondary N) is 2. The molecule has 0 aliphatic heterocycles. The standard InChI is InChI=1S/C22H26FN5O.HI/c1-2-25-22(27-14-19(15-29)18-6-4-3-5-7-18)26-13-17-8-9-21(20(23)12-17)28-11-10-24-16-28;/h3-12,16,19,29H,2,13-15H2,1H3,(H2,25,26,27);1H. The lowest BCUT2D eigenvalue weighted by Gasteiger charge is -2.18. The van der Waals surface area contributed by atoms with Gasteiger partial charge in [0.05, 0.1) is 25.2 Å². The maximum absolute atomic E-state index is 14.4. The number of rotatable bonds is 8. The third-order valence-electron chi connectivity index (χ3n) is 4.57. The van der Waals surface area contributed by atoms with Gasteiger partial charge in [-0.3, -0.25) is 0 Å². The lowest BCUT2D eigenvalue weighted by Crippen LogP contribution is -2.39. The molecule has 3 rings (SSSR count). The summed E-state index contributed by atoms with van der Waals surface area (Å²) in [5.41, 5.74) is 2.29. The zero-order valence-corrected chi connectivity index (χ0v) is 19.2. The Balaban J connectivity index is 0.00000320. The molecule has 3 N–H and O–H groups in total. The Kier molecular flexibility index (Phi) is 9.75. The van der Waals surface area contributed by atoms with Crippen LogP contribution in [0.25, 0.3) is 5.69 Å². The molecule has 0 amide bonds. The molecule has 0 radical (unpaired) electrons. The summed E-state index contributed by atoms with van der Waals surface area (Å²) in [6.07, 6.45) is 4.88. The molecule has 1 unspecified atom stereocenters. The van der Waals surface area contributed by atoms with Gasteiger partial charge in [0.2, 0.25) is 0 Å². The van der Waals surface area contributed by atoms with Gasteiger partial charge in [0, 0.05) is 31.4 Å². The number of hydrogen-bond donors (Lipinski definition) is 3. The molecule has 30 heavy (non-hydrogen) atoms. The van der Waals surface area contributed by atoms with Crippen LogP contribution in [0.4, 0.5) is 4.39 Å². The van der Waals surface area contributed by atoms with E-state index in [0.29, 0.717) is 31.3 Å². The molecule has 0 saturated carbocycles. The number of hydrogen-bond acceptors (Lipinski definition) is 3. The van der Waals surface area contributed by atoms with Crippen molar-refractivity contribution < 1.29 is 9.50 Å². The Morgan fingerprint density at radius 1 is 1.20 bits per heavy atom. The first kappa shape index (κ1) is 23.8. The van der Waals surface area contributed by atoms with Gasteiger partial charge in [-0.25, -0.2) is 14.4 Å². The van der Waals surface area contributed by atoms with Crippen LogP contribution < -0.4 is 10.6 Å². The summed E-state index contributed by atoms with van der Waals surface area (Å²) in [5.74, 6) is 0.269. The van der Waals surface area contributed by atoms with E-state index in [9.17, 15) is 9.50 Å². The summed E-state index contributed by atoms with van der Waals surface area (Å²) in [7, 11) is 0. The predicted molar refractivity (Wildman–Crippen MR) is 128 cm³/mol. The molecule has 8 heteroatoms. The Bertz CT molecular complexity index is 919. The van der Waals surface area contributed by atoms with Crippen molar-refractivity contribution in [2.24, 2.45) is 4.99 Å². The topological polar surface area (TPSA) is 74.5 Å². The Morgan fingerprint density at radius 3 is 2.63 bits per heavy atom. The number of imidazole rings is 1. The van der Waals surface area contributed by atoms with Crippen LogP contribution in [-0.2, 0) is 6.54 Å². The number of aliphatic hydroxyl groups excluding tert-OH is 1. The van der Waals surface area contributed by atoms with E-state index in [1.165, 1.54) is 6.07 Å². The number of aliphatic imine (C=N–C) groups is 1. The van der Waals surface area contributed by atoms with Crippen molar-refractivity contribution >= 4 is 29.9 Å². The third-order valence-corrected chi connectivity index (χ3v) is 4.57.